The smallest absolute Gasteiger partial charge is 0.330 e. The Morgan fingerprint density at radius 2 is 1.64 bits per heavy atom. The molecule has 0 unspecified atom stereocenters. The van der Waals surface area contributed by atoms with Gasteiger partial charge in [0, 0.05) is 17.7 Å². The summed E-state index contributed by atoms with van der Waals surface area (Å²) in [4.78, 5) is 34.1. The molecule has 7 nitrogen and oxygen atoms in total. The Kier molecular flexibility index (Phi) is 10.1. The summed E-state index contributed by atoms with van der Waals surface area (Å²) in [5.74, 6) is 0.267. The summed E-state index contributed by atoms with van der Waals surface area (Å²) in [5, 5.41) is 14.1. The van der Waals surface area contributed by atoms with E-state index in [1.165, 1.54) is 6.42 Å². The van der Waals surface area contributed by atoms with Gasteiger partial charge in [-0.1, -0.05) is 55.8 Å². The van der Waals surface area contributed by atoms with Crippen molar-refractivity contribution in [2.45, 2.75) is 58.4 Å². The molecule has 4 aliphatic carbocycles. The number of ether oxygens (including phenoxy) is 1. The zero-order chi connectivity index (χ0) is 31.0. The third-order valence-electron chi connectivity index (χ3n) is 10.4. The monoisotopic (exact) mass is 651 g/mol. The van der Waals surface area contributed by atoms with Gasteiger partial charge < -0.3 is 20.1 Å². The molecular formula is C36H43Cl2N3O4. The molecule has 2 aromatic carbocycles. The van der Waals surface area contributed by atoms with E-state index in [1.807, 2.05) is 49.4 Å². The number of amides is 1. The molecule has 3 aromatic rings. The van der Waals surface area contributed by atoms with Crippen LogP contribution >= 0.6 is 24.0 Å². The van der Waals surface area contributed by atoms with Gasteiger partial charge in [0.1, 0.15) is 23.6 Å². The molecular weight excluding hydrogens is 609 g/mol. The van der Waals surface area contributed by atoms with Crippen LogP contribution < -0.4 is 10.1 Å². The normalized spacial score (nSPS) is 24.7. The summed E-state index contributed by atoms with van der Waals surface area (Å²) < 4.78 is 6.13. The lowest BCUT2D eigenvalue weighted by atomic mass is 9.48. The van der Waals surface area contributed by atoms with Crippen LogP contribution in [0.25, 0.3) is 22.4 Å². The van der Waals surface area contributed by atoms with E-state index in [0.29, 0.717) is 34.9 Å². The Hall–Kier alpha value is -3.13. The van der Waals surface area contributed by atoms with E-state index in [4.69, 9.17) is 21.3 Å². The number of carboxylic acid groups (broad SMARTS) is 1. The number of aliphatic carboxylic acids is 1. The summed E-state index contributed by atoms with van der Waals surface area (Å²) in [6, 6.07) is 17.3. The first-order valence-corrected chi connectivity index (χ1v) is 16.4. The van der Waals surface area contributed by atoms with Crippen LogP contribution in [0.4, 0.5) is 0 Å². The molecule has 7 rings (SSSR count). The number of aryl methyl sites for hydroxylation is 1. The van der Waals surface area contributed by atoms with Gasteiger partial charge in [0.15, 0.2) is 0 Å². The number of carbonyl (C=O) groups is 2. The Labute approximate surface area is 277 Å². The topological polar surface area (TPSA) is 91.8 Å². The van der Waals surface area contributed by atoms with E-state index < -0.39 is 17.4 Å². The molecule has 9 heteroatoms. The molecule has 0 spiro atoms. The molecule has 0 radical (unpaired) electrons. The zero-order valence-corrected chi connectivity index (χ0v) is 27.8. The van der Waals surface area contributed by atoms with Crippen LogP contribution in [0, 0.1) is 30.6 Å². The minimum absolute atomic E-state index is 0. The van der Waals surface area contributed by atoms with Gasteiger partial charge in [0.2, 0.25) is 0 Å². The maximum atomic E-state index is 13.9. The average molecular weight is 653 g/mol. The quantitative estimate of drug-likeness (QED) is 0.223. The molecule has 0 saturated heterocycles. The summed E-state index contributed by atoms with van der Waals surface area (Å²) in [7, 11) is 0. The first kappa shape index (κ1) is 33.2. The van der Waals surface area contributed by atoms with Gasteiger partial charge in [-0.15, -0.1) is 12.4 Å². The van der Waals surface area contributed by atoms with E-state index in [1.54, 1.807) is 12.1 Å². The van der Waals surface area contributed by atoms with Gasteiger partial charge >= 0.3 is 5.97 Å². The summed E-state index contributed by atoms with van der Waals surface area (Å²) in [5.41, 5.74) is 3.30. The number of hydrogen-bond acceptors (Lipinski definition) is 5. The van der Waals surface area contributed by atoms with Crippen LogP contribution in [-0.4, -0.2) is 58.6 Å². The zero-order valence-electron chi connectivity index (χ0n) is 26.2. The van der Waals surface area contributed by atoms with E-state index in [9.17, 15) is 14.7 Å². The minimum Gasteiger partial charge on any atom is -0.491 e. The van der Waals surface area contributed by atoms with Gasteiger partial charge in [-0.25, -0.2) is 9.78 Å². The third kappa shape index (κ3) is 6.32. The van der Waals surface area contributed by atoms with Gasteiger partial charge in [0.25, 0.3) is 5.91 Å². The minimum atomic E-state index is -1.24. The molecule has 1 heterocycles. The second kappa shape index (κ2) is 13.7. The predicted molar refractivity (Wildman–Crippen MR) is 180 cm³/mol. The highest BCUT2D eigenvalue weighted by atomic mass is 35.5. The lowest BCUT2D eigenvalue weighted by molar-refractivity contribution is -0.163. The molecule has 4 aliphatic rings. The number of aromatic nitrogens is 1. The fourth-order valence-corrected chi connectivity index (χ4v) is 8.44. The lowest BCUT2D eigenvalue weighted by Gasteiger charge is -2.59. The van der Waals surface area contributed by atoms with Crippen molar-refractivity contribution >= 4 is 35.9 Å². The highest BCUT2D eigenvalue weighted by Crippen LogP contribution is 2.58. The average Bonchev–Trinajstić information content (AvgIpc) is 3.01. The first-order valence-electron chi connectivity index (χ1n) is 16.0. The molecule has 240 valence electrons. The fraction of sp³-hybridized carbons (Fsp3) is 0.472. The Balaban J connectivity index is 0.00000400. The fourth-order valence-electron chi connectivity index (χ4n) is 8.27. The number of pyridine rings is 1. The molecule has 1 aromatic heterocycles. The van der Waals surface area contributed by atoms with Crippen molar-refractivity contribution in [3.05, 3.63) is 70.9 Å². The van der Waals surface area contributed by atoms with Crippen molar-refractivity contribution in [1.29, 1.82) is 0 Å². The molecule has 4 bridgehead atoms. The molecule has 4 saturated carbocycles. The van der Waals surface area contributed by atoms with Crippen LogP contribution in [0.15, 0.2) is 54.6 Å². The van der Waals surface area contributed by atoms with Crippen molar-refractivity contribution in [3.8, 4) is 28.1 Å². The van der Waals surface area contributed by atoms with Crippen molar-refractivity contribution in [3.63, 3.8) is 0 Å². The summed E-state index contributed by atoms with van der Waals surface area (Å²) in [6.07, 6.45) is 4.67. The van der Waals surface area contributed by atoms with Crippen LogP contribution in [0.2, 0.25) is 5.02 Å². The number of rotatable bonds is 11. The number of nitrogens with zero attached hydrogens (tertiary/aromatic N) is 2. The number of halogens is 2. The standard InChI is InChI=1S/C36H42ClN3O4.ClH/c1-4-40(5-2)14-15-44-32-21-25(10-12-30(32)37)33-29(28-9-7-6-8-22(28)3)11-13-31(38-33)34(41)39-36(35(42)43)26-17-23-16-24(19-26)20-27(36)18-23;/h6-13,21,23-24,26-27H,4-5,14-20H2,1-3H3,(H,39,41)(H,42,43);1H. The molecule has 45 heavy (non-hydrogen) atoms. The predicted octanol–water partition coefficient (Wildman–Crippen LogP) is 7.53. The molecule has 4 fully saturated rings. The second-order valence-corrected chi connectivity index (χ2v) is 13.3. The maximum absolute atomic E-state index is 13.9. The maximum Gasteiger partial charge on any atom is 0.330 e. The van der Waals surface area contributed by atoms with Crippen molar-refractivity contribution in [2.75, 3.05) is 26.2 Å². The van der Waals surface area contributed by atoms with Gasteiger partial charge in [-0.05, 0) is 111 Å². The Bertz CT molecular complexity index is 1530. The van der Waals surface area contributed by atoms with Gasteiger partial charge in [-0.3, -0.25) is 4.79 Å². The number of hydrogen-bond donors (Lipinski definition) is 2. The van der Waals surface area contributed by atoms with Crippen LogP contribution in [0.1, 0.15) is 62.0 Å². The van der Waals surface area contributed by atoms with E-state index in [0.717, 1.165) is 67.6 Å². The van der Waals surface area contributed by atoms with Gasteiger partial charge in [-0.2, -0.15) is 0 Å². The lowest BCUT2D eigenvalue weighted by Crippen LogP contribution is -2.70. The first-order chi connectivity index (χ1) is 21.2. The van der Waals surface area contributed by atoms with E-state index >= 15 is 0 Å². The molecule has 0 aliphatic heterocycles. The van der Waals surface area contributed by atoms with Crippen LogP contribution in [0.3, 0.4) is 0 Å². The Morgan fingerprint density at radius 3 is 2.27 bits per heavy atom. The SMILES string of the molecule is CCN(CC)CCOc1cc(-c2nc(C(=O)NC3(C(=O)O)C4CC5CC(C4)CC3C5)ccc2-c2ccccc2C)ccc1Cl.Cl. The number of benzene rings is 2. The second-order valence-electron chi connectivity index (χ2n) is 12.9. The number of carboxylic acids is 1. The largest absolute Gasteiger partial charge is 0.491 e. The molecule has 1 amide bonds. The van der Waals surface area contributed by atoms with Crippen LogP contribution in [-0.2, 0) is 4.79 Å². The third-order valence-corrected chi connectivity index (χ3v) is 10.7. The number of nitrogens with one attached hydrogen (secondary N) is 1. The van der Waals surface area contributed by atoms with Crippen molar-refractivity contribution in [2.24, 2.45) is 23.7 Å². The van der Waals surface area contributed by atoms with Crippen molar-refractivity contribution < 1.29 is 19.4 Å². The van der Waals surface area contributed by atoms with E-state index in [2.05, 4.69) is 24.1 Å². The van der Waals surface area contributed by atoms with E-state index in [-0.39, 0.29) is 29.9 Å². The highest BCUT2D eigenvalue weighted by molar-refractivity contribution is 6.32. The molecule has 2 N–H and O–H groups in total. The summed E-state index contributed by atoms with van der Waals surface area (Å²) in [6.45, 7) is 9.46. The number of carbonyl (C=O) groups excluding carboxylic acids is 1. The van der Waals surface area contributed by atoms with Gasteiger partial charge in [0.05, 0.1) is 10.7 Å². The van der Waals surface area contributed by atoms with Crippen molar-refractivity contribution in [1.82, 2.24) is 15.2 Å². The Morgan fingerprint density at radius 1 is 0.978 bits per heavy atom. The number of likely N-dealkylation sites (N-methyl/N-ethyl adjacent to an activating group) is 1. The highest BCUT2D eigenvalue weighted by Gasteiger charge is 2.62. The molecule has 0 atom stereocenters. The van der Waals surface area contributed by atoms with Crippen LogP contribution in [0.5, 0.6) is 5.75 Å². The summed E-state index contributed by atoms with van der Waals surface area (Å²) >= 11 is 6.57.